The van der Waals surface area contributed by atoms with E-state index in [2.05, 4.69) is 31.2 Å². The SMILES string of the molecule is C=CCOC(=O)C1=C(c2cn(C)c(C)n2)C[C@@H]2[C@@H]([C@@H](C)O[Si](C)(C)C)C(=O)N12. The van der Waals surface area contributed by atoms with Gasteiger partial charge in [-0.3, -0.25) is 4.79 Å². The molecule has 7 nitrogen and oxygen atoms in total. The molecule has 0 N–H and O–H groups in total. The summed E-state index contributed by atoms with van der Waals surface area (Å²) < 4.78 is 13.3. The molecule has 2 aliphatic rings. The fraction of sp³-hybridized carbons (Fsp3) is 0.550. The van der Waals surface area contributed by atoms with Crippen LogP contribution in [-0.2, 0) is 25.8 Å². The van der Waals surface area contributed by atoms with Crippen molar-refractivity contribution in [2.24, 2.45) is 13.0 Å². The van der Waals surface area contributed by atoms with Gasteiger partial charge < -0.3 is 18.6 Å². The molecule has 8 heteroatoms. The summed E-state index contributed by atoms with van der Waals surface area (Å²) in [6, 6.07) is -0.0950. The van der Waals surface area contributed by atoms with E-state index in [0.717, 1.165) is 11.4 Å². The molecular formula is C20H29N3O4Si. The van der Waals surface area contributed by atoms with Crippen LogP contribution >= 0.6 is 0 Å². The summed E-state index contributed by atoms with van der Waals surface area (Å²) in [5.41, 5.74) is 1.79. The number of aryl methyl sites for hydroxylation is 2. The maximum absolute atomic E-state index is 13.0. The molecule has 1 aromatic heterocycles. The minimum absolute atomic E-state index is 0.0797. The fourth-order valence-electron chi connectivity index (χ4n) is 4.01. The van der Waals surface area contributed by atoms with E-state index in [9.17, 15) is 9.59 Å². The summed E-state index contributed by atoms with van der Waals surface area (Å²) in [5, 5.41) is 0. The molecule has 0 bridgehead atoms. The first-order chi connectivity index (χ1) is 13.0. The highest BCUT2D eigenvalue weighted by atomic mass is 28.4. The summed E-state index contributed by atoms with van der Waals surface area (Å²) in [4.78, 5) is 31.9. The molecule has 1 amide bonds. The Morgan fingerprint density at radius 1 is 1.46 bits per heavy atom. The number of imidazole rings is 1. The van der Waals surface area contributed by atoms with E-state index in [4.69, 9.17) is 9.16 Å². The summed E-state index contributed by atoms with van der Waals surface area (Å²) in [6.45, 7) is 13.9. The number of hydrogen-bond acceptors (Lipinski definition) is 5. The molecule has 0 saturated carbocycles. The number of carbonyl (C=O) groups excluding carboxylic acids is 2. The molecule has 2 aliphatic heterocycles. The van der Waals surface area contributed by atoms with Crippen LogP contribution in [0.15, 0.2) is 24.5 Å². The molecule has 0 aromatic carbocycles. The first-order valence-electron chi connectivity index (χ1n) is 9.57. The Hall–Kier alpha value is -2.19. The van der Waals surface area contributed by atoms with Crippen molar-refractivity contribution in [3.63, 3.8) is 0 Å². The Labute approximate surface area is 167 Å². The Morgan fingerprint density at radius 2 is 2.14 bits per heavy atom. The Kier molecular flexibility index (Phi) is 5.37. The molecule has 0 aliphatic carbocycles. The highest BCUT2D eigenvalue weighted by molar-refractivity contribution is 6.69. The minimum atomic E-state index is -1.78. The van der Waals surface area contributed by atoms with Crippen molar-refractivity contribution in [1.82, 2.24) is 14.5 Å². The third-order valence-electron chi connectivity index (χ3n) is 5.20. The van der Waals surface area contributed by atoms with E-state index >= 15 is 0 Å². The van der Waals surface area contributed by atoms with E-state index < -0.39 is 14.3 Å². The van der Waals surface area contributed by atoms with Crippen LogP contribution in [0.4, 0.5) is 0 Å². The second kappa shape index (κ2) is 7.33. The highest BCUT2D eigenvalue weighted by Crippen LogP contribution is 2.47. The molecule has 0 radical (unpaired) electrons. The average Bonchev–Trinajstić information content (AvgIpc) is 3.08. The van der Waals surface area contributed by atoms with Crippen LogP contribution in [0.5, 0.6) is 0 Å². The Bertz CT molecular complexity index is 833. The number of esters is 1. The van der Waals surface area contributed by atoms with E-state index in [1.807, 2.05) is 31.7 Å². The van der Waals surface area contributed by atoms with E-state index in [0.29, 0.717) is 17.8 Å². The van der Waals surface area contributed by atoms with E-state index in [1.54, 1.807) is 4.90 Å². The van der Waals surface area contributed by atoms with Gasteiger partial charge in [0.2, 0.25) is 5.91 Å². The smallest absolute Gasteiger partial charge is 0.355 e. The van der Waals surface area contributed by atoms with Gasteiger partial charge in [-0.05, 0) is 39.9 Å². The van der Waals surface area contributed by atoms with Crippen LogP contribution in [0.25, 0.3) is 5.57 Å². The first-order valence-corrected chi connectivity index (χ1v) is 13.0. The van der Waals surface area contributed by atoms with Gasteiger partial charge in [0.25, 0.3) is 0 Å². The van der Waals surface area contributed by atoms with Crippen LogP contribution in [-0.4, -0.2) is 53.4 Å². The van der Waals surface area contributed by atoms with Gasteiger partial charge in [-0.15, -0.1) is 0 Å². The predicted octanol–water partition coefficient (Wildman–Crippen LogP) is 2.64. The predicted molar refractivity (Wildman–Crippen MR) is 109 cm³/mol. The molecule has 152 valence electrons. The first kappa shape index (κ1) is 20.5. The van der Waals surface area contributed by atoms with Crippen molar-refractivity contribution in [3.8, 4) is 0 Å². The molecule has 0 unspecified atom stereocenters. The number of hydrogen-bond donors (Lipinski definition) is 0. The van der Waals surface area contributed by atoms with Gasteiger partial charge >= 0.3 is 5.97 Å². The Morgan fingerprint density at radius 3 is 2.68 bits per heavy atom. The molecular weight excluding hydrogens is 374 g/mol. The Balaban J connectivity index is 1.93. The lowest BCUT2D eigenvalue weighted by Gasteiger charge is -2.47. The summed E-state index contributed by atoms with van der Waals surface area (Å²) >= 11 is 0. The number of fused-ring (bicyclic) bond motifs is 1. The number of carbonyl (C=O) groups is 2. The van der Waals surface area contributed by atoms with Gasteiger partial charge in [0.15, 0.2) is 8.32 Å². The van der Waals surface area contributed by atoms with Crippen molar-refractivity contribution < 1.29 is 18.8 Å². The number of ether oxygens (including phenoxy) is 1. The van der Waals surface area contributed by atoms with Crippen LogP contribution in [0.1, 0.15) is 24.9 Å². The number of nitrogens with zero attached hydrogens (tertiary/aromatic N) is 3. The molecule has 3 heterocycles. The maximum atomic E-state index is 13.0. The van der Waals surface area contributed by atoms with Crippen LogP contribution in [0.3, 0.4) is 0 Å². The van der Waals surface area contributed by atoms with Gasteiger partial charge in [0, 0.05) is 18.8 Å². The second-order valence-electron chi connectivity index (χ2n) is 8.44. The van der Waals surface area contributed by atoms with Crippen LogP contribution < -0.4 is 0 Å². The normalized spacial score (nSPS) is 22.8. The number of amides is 1. The zero-order valence-corrected chi connectivity index (χ0v) is 18.5. The minimum Gasteiger partial charge on any atom is -0.457 e. The van der Waals surface area contributed by atoms with Crippen molar-refractivity contribution in [2.75, 3.05) is 6.61 Å². The van der Waals surface area contributed by atoms with Gasteiger partial charge in [0.05, 0.1) is 23.8 Å². The largest absolute Gasteiger partial charge is 0.457 e. The zero-order chi connectivity index (χ0) is 20.8. The number of aromatic nitrogens is 2. The molecule has 1 fully saturated rings. The average molecular weight is 404 g/mol. The van der Waals surface area contributed by atoms with Gasteiger partial charge in [-0.2, -0.15) is 0 Å². The van der Waals surface area contributed by atoms with Gasteiger partial charge in [0.1, 0.15) is 18.1 Å². The third-order valence-corrected chi connectivity index (χ3v) is 6.28. The third kappa shape index (κ3) is 3.58. The quantitative estimate of drug-likeness (QED) is 0.303. The molecule has 1 saturated heterocycles. The molecule has 0 spiro atoms. The van der Waals surface area contributed by atoms with E-state index in [-0.39, 0.29) is 30.6 Å². The molecule has 1 aromatic rings. The van der Waals surface area contributed by atoms with Crippen molar-refractivity contribution in [3.05, 3.63) is 36.1 Å². The number of β-lactam (4-membered cyclic amide) rings is 1. The van der Waals surface area contributed by atoms with Crippen molar-refractivity contribution in [2.45, 2.75) is 52.1 Å². The molecule has 3 atom stereocenters. The lowest BCUT2D eigenvalue weighted by Crippen LogP contribution is -2.63. The number of rotatable bonds is 7. The second-order valence-corrected chi connectivity index (χ2v) is 12.9. The molecule has 3 rings (SSSR count). The molecule has 28 heavy (non-hydrogen) atoms. The lowest BCUT2D eigenvalue weighted by atomic mass is 9.83. The monoisotopic (exact) mass is 403 g/mol. The fourth-order valence-corrected chi connectivity index (χ4v) is 5.27. The van der Waals surface area contributed by atoms with Crippen LogP contribution in [0, 0.1) is 12.8 Å². The lowest BCUT2D eigenvalue weighted by molar-refractivity contribution is -0.161. The van der Waals surface area contributed by atoms with Crippen molar-refractivity contribution in [1.29, 1.82) is 0 Å². The maximum Gasteiger partial charge on any atom is 0.355 e. The topological polar surface area (TPSA) is 73.7 Å². The standard InChI is InChI=1S/C20H29N3O4Si/c1-8-9-26-20(25)18-14(15-11-22(4)13(3)21-15)10-16-17(19(24)23(16)18)12(2)27-28(5,6)7/h8,11-12,16-17H,1,9-10H2,2-7H3/t12-,16-,17-/m1/s1. The summed E-state index contributed by atoms with van der Waals surface area (Å²) in [6.07, 6.45) is 3.79. The summed E-state index contributed by atoms with van der Waals surface area (Å²) in [7, 11) is 0.123. The summed E-state index contributed by atoms with van der Waals surface area (Å²) in [5.74, 6) is 0.000310. The zero-order valence-electron chi connectivity index (χ0n) is 17.5. The van der Waals surface area contributed by atoms with Crippen molar-refractivity contribution >= 4 is 25.8 Å². The highest BCUT2D eigenvalue weighted by Gasteiger charge is 2.58. The van der Waals surface area contributed by atoms with E-state index in [1.165, 1.54) is 6.08 Å². The van der Waals surface area contributed by atoms with Gasteiger partial charge in [-0.25, -0.2) is 9.78 Å². The van der Waals surface area contributed by atoms with Gasteiger partial charge in [-0.1, -0.05) is 12.7 Å². The van der Waals surface area contributed by atoms with Crippen LogP contribution in [0.2, 0.25) is 19.6 Å².